The van der Waals surface area contributed by atoms with E-state index in [9.17, 15) is 0 Å². The van der Waals surface area contributed by atoms with Gasteiger partial charge in [-0.3, -0.25) is 0 Å². The summed E-state index contributed by atoms with van der Waals surface area (Å²) in [4.78, 5) is 0. The summed E-state index contributed by atoms with van der Waals surface area (Å²) in [5.41, 5.74) is 2.78. The number of ether oxygens (including phenoxy) is 1. The lowest BCUT2D eigenvalue weighted by Crippen LogP contribution is -1.96. The fourth-order valence-electron chi connectivity index (χ4n) is 5.80. The molecule has 0 atom stereocenters. The molecule has 7 aromatic rings. The third-order valence-electron chi connectivity index (χ3n) is 6.89. The second-order valence-electron chi connectivity index (χ2n) is 8.02. The maximum absolute atomic E-state index is 5.92. The zero-order chi connectivity index (χ0) is 17.3. The van der Waals surface area contributed by atoms with Crippen LogP contribution in [0.1, 0.15) is 11.1 Å². The number of benzene rings is 7. The van der Waals surface area contributed by atoms with E-state index in [1.54, 1.807) is 0 Å². The summed E-state index contributed by atoms with van der Waals surface area (Å²) in [7, 11) is 0. The molecule has 124 valence electrons. The van der Waals surface area contributed by atoms with Crippen molar-refractivity contribution < 1.29 is 4.74 Å². The van der Waals surface area contributed by atoms with E-state index in [1.807, 2.05) is 0 Å². The minimum atomic E-state index is 0.729. The second-order valence-corrected chi connectivity index (χ2v) is 8.02. The van der Waals surface area contributed by atoms with Crippen LogP contribution < -0.4 is 0 Å². The highest BCUT2D eigenvalue weighted by Gasteiger charge is 2.25. The van der Waals surface area contributed by atoms with Crippen molar-refractivity contribution in [1.29, 1.82) is 0 Å². The van der Waals surface area contributed by atoms with Crippen LogP contribution in [0.2, 0.25) is 0 Å². The lowest BCUT2D eigenvalue weighted by Gasteiger charge is -2.22. The first-order valence-electron chi connectivity index (χ1n) is 9.59. The van der Waals surface area contributed by atoms with Gasteiger partial charge in [-0.2, -0.15) is 0 Å². The molecule has 0 aromatic heterocycles. The van der Waals surface area contributed by atoms with Crippen LogP contribution in [0.4, 0.5) is 0 Å². The quantitative estimate of drug-likeness (QED) is 0.214. The zero-order valence-corrected chi connectivity index (χ0v) is 14.6. The summed E-state index contributed by atoms with van der Waals surface area (Å²) >= 11 is 0. The molecule has 1 aliphatic heterocycles. The Morgan fingerprint density at radius 2 is 0.741 bits per heavy atom. The van der Waals surface area contributed by atoms with Crippen molar-refractivity contribution >= 4 is 64.6 Å². The monoisotopic (exact) mass is 342 g/mol. The Morgan fingerprint density at radius 1 is 0.407 bits per heavy atom. The van der Waals surface area contributed by atoms with Gasteiger partial charge in [-0.25, -0.2) is 0 Å². The Balaban J connectivity index is 1.93. The standard InChI is InChI=1S/C26H14O/c1-2-14-4-6-16-8-10-18-20-12-27-11-19(20)17-9-7-15-5-3-13(1)21-22(14)24(16)26(18)25(17)23(15)21/h1-10H,11-12H2. The van der Waals surface area contributed by atoms with E-state index in [0.29, 0.717) is 0 Å². The molecule has 0 N–H and O–H groups in total. The first-order valence-corrected chi connectivity index (χ1v) is 9.59. The van der Waals surface area contributed by atoms with E-state index >= 15 is 0 Å². The summed E-state index contributed by atoms with van der Waals surface area (Å²) in [5, 5.41) is 16.7. The van der Waals surface area contributed by atoms with Crippen LogP contribution in [0, 0.1) is 0 Å². The lowest BCUT2D eigenvalue weighted by molar-refractivity contribution is 0.135. The molecule has 1 aliphatic rings. The largest absolute Gasteiger partial charge is 0.372 e. The topological polar surface area (TPSA) is 9.23 Å². The molecule has 0 amide bonds. The highest BCUT2D eigenvalue weighted by molar-refractivity contribution is 6.45. The second kappa shape index (κ2) is 4.05. The van der Waals surface area contributed by atoms with Crippen molar-refractivity contribution in [2.24, 2.45) is 0 Å². The number of fused-ring (bicyclic) bond motifs is 3. The van der Waals surface area contributed by atoms with Gasteiger partial charge in [0.05, 0.1) is 13.2 Å². The molecule has 0 saturated heterocycles. The van der Waals surface area contributed by atoms with E-state index < -0.39 is 0 Å². The summed E-state index contributed by atoms with van der Waals surface area (Å²) in [6, 6.07) is 22.9. The van der Waals surface area contributed by atoms with E-state index in [-0.39, 0.29) is 0 Å². The summed E-state index contributed by atoms with van der Waals surface area (Å²) in [6.07, 6.45) is 0. The van der Waals surface area contributed by atoms with E-state index in [4.69, 9.17) is 4.74 Å². The van der Waals surface area contributed by atoms with Crippen LogP contribution in [0.15, 0.2) is 60.7 Å². The summed E-state index contributed by atoms with van der Waals surface area (Å²) in [5.74, 6) is 0. The van der Waals surface area contributed by atoms with Gasteiger partial charge >= 0.3 is 0 Å². The van der Waals surface area contributed by atoms with Crippen LogP contribution in [0.3, 0.4) is 0 Å². The molecule has 0 fully saturated rings. The van der Waals surface area contributed by atoms with Crippen molar-refractivity contribution in [2.45, 2.75) is 13.2 Å². The van der Waals surface area contributed by atoms with Gasteiger partial charge < -0.3 is 4.74 Å². The first kappa shape index (κ1) is 13.1. The van der Waals surface area contributed by atoms with Crippen molar-refractivity contribution in [3.05, 3.63) is 71.8 Å². The number of rotatable bonds is 0. The highest BCUT2D eigenvalue weighted by Crippen LogP contribution is 2.50. The van der Waals surface area contributed by atoms with Crippen LogP contribution in [0.5, 0.6) is 0 Å². The van der Waals surface area contributed by atoms with Crippen LogP contribution in [0.25, 0.3) is 64.6 Å². The zero-order valence-electron chi connectivity index (χ0n) is 14.6. The predicted molar refractivity (Wildman–Crippen MR) is 114 cm³/mol. The summed E-state index contributed by atoms with van der Waals surface area (Å²) < 4.78 is 5.92. The molecule has 0 spiro atoms. The Bertz CT molecular complexity index is 1550. The molecule has 1 heteroatoms. The molecule has 8 rings (SSSR count). The van der Waals surface area contributed by atoms with Crippen molar-refractivity contribution in [2.75, 3.05) is 0 Å². The maximum atomic E-state index is 5.92. The molecule has 27 heavy (non-hydrogen) atoms. The fourth-order valence-corrected chi connectivity index (χ4v) is 5.80. The predicted octanol–water partition coefficient (Wildman–Crippen LogP) is 6.95. The van der Waals surface area contributed by atoms with Crippen LogP contribution in [-0.2, 0) is 18.0 Å². The average molecular weight is 342 g/mol. The van der Waals surface area contributed by atoms with Gasteiger partial charge in [0.25, 0.3) is 0 Å². The third-order valence-corrected chi connectivity index (χ3v) is 6.89. The SMILES string of the molecule is c1cc2ccc3ccc4c5c(c6ccc7ccc1c1c2c3c4c6c71)COC5. The Labute approximate surface area is 154 Å². The Kier molecular flexibility index (Phi) is 1.96. The fraction of sp³-hybridized carbons (Fsp3) is 0.0769. The molecular weight excluding hydrogens is 328 g/mol. The normalized spacial score (nSPS) is 15.0. The number of hydrogen-bond donors (Lipinski definition) is 0. The van der Waals surface area contributed by atoms with Gasteiger partial charge in [0.15, 0.2) is 0 Å². The molecule has 0 saturated carbocycles. The van der Waals surface area contributed by atoms with Crippen molar-refractivity contribution in [3.63, 3.8) is 0 Å². The third kappa shape index (κ3) is 1.29. The molecule has 0 aliphatic carbocycles. The highest BCUT2D eigenvalue weighted by atomic mass is 16.5. The molecule has 0 unspecified atom stereocenters. The van der Waals surface area contributed by atoms with Gasteiger partial charge in [0.2, 0.25) is 0 Å². The number of hydrogen-bond acceptors (Lipinski definition) is 1. The minimum Gasteiger partial charge on any atom is -0.372 e. The van der Waals surface area contributed by atoms with Crippen LogP contribution >= 0.6 is 0 Å². The van der Waals surface area contributed by atoms with Crippen molar-refractivity contribution in [1.82, 2.24) is 0 Å². The minimum absolute atomic E-state index is 0.729. The van der Waals surface area contributed by atoms with Gasteiger partial charge in [-0.1, -0.05) is 60.7 Å². The first-order chi connectivity index (χ1) is 13.4. The average Bonchev–Trinajstić information content (AvgIpc) is 3.22. The van der Waals surface area contributed by atoms with Gasteiger partial charge in [0.1, 0.15) is 0 Å². The Morgan fingerprint density at radius 3 is 1.15 bits per heavy atom. The Hall–Kier alpha value is -3.16. The van der Waals surface area contributed by atoms with E-state index in [2.05, 4.69) is 60.7 Å². The molecule has 0 bridgehead atoms. The van der Waals surface area contributed by atoms with Gasteiger partial charge in [-0.05, 0) is 75.8 Å². The molecular formula is C26H14O. The summed E-state index contributed by atoms with van der Waals surface area (Å²) in [6.45, 7) is 1.46. The van der Waals surface area contributed by atoms with Crippen LogP contribution in [-0.4, -0.2) is 0 Å². The van der Waals surface area contributed by atoms with E-state index in [0.717, 1.165) is 13.2 Å². The van der Waals surface area contributed by atoms with Gasteiger partial charge in [-0.15, -0.1) is 0 Å². The molecule has 7 aromatic carbocycles. The van der Waals surface area contributed by atoms with Crippen molar-refractivity contribution in [3.8, 4) is 0 Å². The van der Waals surface area contributed by atoms with E-state index in [1.165, 1.54) is 75.8 Å². The maximum Gasteiger partial charge on any atom is 0.0731 e. The molecule has 0 radical (unpaired) electrons. The lowest BCUT2D eigenvalue weighted by atomic mass is 9.80. The molecule has 1 nitrogen and oxygen atoms in total. The smallest absolute Gasteiger partial charge is 0.0731 e. The molecule has 1 heterocycles. The van der Waals surface area contributed by atoms with Gasteiger partial charge in [0, 0.05) is 0 Å².